The van der Waals surface area contributed by atoms with E-state index in [9.17, 15) is 26.4 Å². The number of nitrogens with one attached hydrogen (secondary N) is 1. The molecule has 1 aliphatic rings. The average Bonchev–Trinajstić information content (AvgIpc) is 3.17. The topological polar surface area (TPSA) is 121 Å². The van der Waals surface area contributed by atoms with Gasteiger partial charge in [0.15, 0.2) is 5.82 Å². The molecule has 1 aliphatic carbocycles. The quantitative estimate of drug-likeness (QED) is 0.512. The van der Waals surface area contributed by atoms with E-state index in [1.165, 1.54) is 46.9 Å². The summed E-state index contributed by atoms with van der Waals surface area (Å²) in [4.78, 5) is 16.3. The Balaban J connectivity index is 1.47. The van der Waals surface area contributed by atoms with Gasteiger partial charge in [0, 0.05) is 25.5 Å². The molecule has 1 saturated carbocycles. The lowest BCUT2D eigenvalue weighted by molar-refractivity contribution is -0.153. The van der Waals surface area contributed by atoms with Gasteiger partial charge in [-0.25, -0.2) is 22.8 Å². The lowest BCUT2D eigenvalue weighted by Crippen LogP contribution is -2.31. The van der Waals surface area contributed by atoms with Gasteiger partial charge < -0.3 is 4.74 Å². The smallest absolute Gasteiger partial charge is 0.395 e. The first-order valence-electron chi connectivity index (χ1n) is 9.38. The molecule has 1 N–H and O–H groups in total. The molecule has 4 rings (SSSR count). The summed E-state index contributed by atoms with van der Waals surface area (Å²) in [7, 11) is -2.66. The Kier molecular flexibility index (Phi) is 5.60. The molecule has 2 atom stereocenters. The number of rotatable bonds is 6. The summed E-state index contributed by atoms with van der Waals surface area (Å²) in [5.74, 6) is -2.40. The molecule has 3 aromatic rings. The number of pyridine rings is 1. The fraction of sp³-hybridized carbons (Fsp3) is 0.333. The zero-order chi connectivity index (χ0) is 24.1. The van der Waals surface area contributed by atoms with E-state index in [-0.39, 0.29) is 39.4 Å². The lowest BCUT2D eigenvalue weighted by Gasteiger charge is -2.08. The summed E-state index contributed by atoms with van der Waals surface area (Å²) in [6, 6.07) is 3.95. The van der Waals surface area contributed by atoms with E-state index >= 15 is 0 Å². The van der Waals surface area contributed by atoms with Crippen LogP contribution in [0.1, 0.15) is 22.5 Å². The average molecular weight is 505 g/mol. The molecule has 15 heteroatoms. The monoisotopic (exact) mass is 504 g/mol. The molecule has 10 nitrogen and oxygen atoms in total. The van der Waals surface area contributed by atoms with E-state index in [2.05, 4.69) is 15.2 Å². The summed E-state index contributed by atoms with van der Waals surface area (Å²) in [6.07, 6.45) is -2.78. The number of hydrogen-bond acceptors (Lipinski definition) is 7. The minimum atomic E-state index is -4.32. The van der Waals surface area contributed by atoms with Crippen LogP contribution in [0.25, 0.3) is 5.82 Å². The van der Waals surface area contributed by atoms with E-state index in [4.69, 9.17) is 16.3 Å². The molecule has 1 fully saturated rings. The maximum absolute atomic E-state index is 12.6. The molecular formula is C18H16ClF3N6O4S. The minimum Gasteiger partial charge on any atom is -0.473 e. The third-order valence-corrected chi connectivity index (χ3v) is 6.51. The zero-order valence-corrected chi connectivity index (χ0v) is 18.6. The summed E-state index contributed by atoms with van der Waals surface area (Å²) in [5, 5.41) is 7.63. The van der Waals surface area contributed by atoms with Gasteiger partial charge in [-0.15, -0.1) is 5.10 Å². The van der Waals surface area contributed by atoms with Crippen LogP contribution in [-0.2, 0) is 17.1 Å². The predicted molar refractivity (Wildman–Crippen MR) is 108 cm³/mol. The van der Waals surface area contributed by atoms with Crippen LogP contribution in [0.15, 0.2) is 35.5 Å². The standard InChI is InChI=1S/C18H16ClF3N6O4S/c1-9-13(8-27(2)24-9)33(30,31)26-17(29)10-3-4-14(23-16(10)19)28-6-5-15(25-28)32-12-7-11(12)18(20,21)22/h3-6,8,11-12H,7H2,1-2H3,(H,26,29)/t11-,12-/m0/s1. The predicted octanol–water partition coefficient (Wildman–Crippen LogP) is 2.41. The number of ether oxygens (including phenoxy) is 1. The van der Waals surface area contributed by atoms with Crippen molar-refractivity contribution in [2.45, 2.75) is 30.5 Å². The number of nitrogens with zero attached hydrogens (tertiary/aromatic N) is 5. The van der Waals surface area contributed by atoms with Crippen molar-refractivity contribution in [2.75, 3.05) is 0 Å². The third kappa shape index (κ3) is 4.80. The van der Waals surface area contributed by atoms with Crippen molar-refractivity contribution in [3.05, 3.63) is 47.0 Å². The molecule has 0 spiro atoms. The third-order valence-electron chi connectivity index (χ3n) is 4.79. The number of amides is 1. The van der Waals surface area contributed by atoms with Gasteiger partial charge in [0.05, 0.1) is 17.2 Å². The molecule has 0 radical (unpaired) electrons. The van der Waals surface area contributed by atoms with Gasteiger partial charge in [-0.3, -0.25) is 9.48 Å². The molecule has 3 aromatic heterocycles. The number of sulfonamides is 1. The summed E-state index contributed by atoms with van der Waals surface area (Å²) in [5.41, 5.74) is 0.00184. The molecule has 0 aromatic carbocycles. The Labute approximate surface area is 190 Å². The summed E-state index contributed by atoms with van der Waals surface area (Å²) < 4.78 is 72.5. The van der Waals surface area contributed by atoms with Crippen molar-refractivity contribution in [3.63, 3.8) is 0 Å². The number of aryl methyl sites for hydroxylation is 2. The van der Waals surface area contributed by atoms with Gasteiger partial charge in [-0.1, -0.05) is 11.6 Å². The molecule has 0 unspecified atom stereocenters. The van der Waals surface area contributed by atoms with Crippen LogP contribution in [0, 0.1) is 12.8 Å². The normalized spacial score (nSPS) is 18.2. The van der Waals surface area contributed by atoms with Crippen molar-refractivity contribution >= 4 is 27.5 Å². The Morgan fingerprint density at radius 2 is 2.00 bits per heavy atom. The van der Waals surface area contributed by atoms with Gasteiger partial charge in [0.2, 0.25) is 5.88 Å². The van der Waals surface area contributed by atoms with Crippen LogP contribution < -0.4 is 9.46 Å². The number of carbonyl (C=O) groups excluding carboxylic acids is 1. The van der Waals surface area contributed by atoms with Crippen molar-refractivity contribution in [2.24, 2.45) is 13.0 Å². The Morgan fingerprint density at radius 3 is 2.58 bits per heavy atom. The molecule has 0 bridgehead atoms. The second-order valence-corrected chi connectivity index (χ2v) is 9.34. The molecule has 33 heavy (non-hydrogen) atoms. The van der Waals surface area contributed by atoms with Crippen LogP contribution in [0.2, 0.25) is 5.15 Å². The van der Waals surface area contributed by atoms with Crippen molar-refractivity contribution < 1.29 is 31.1 Å². The Bertz CT molecular complexity index is 1340. The van der Waals surface area contributed by atoms with Crippen LogP contribution in [0.3, 0.4) is 0 Å². The minimum absolute atomic E-state index is 0.0237. The number of alkyl halides is 3. The summed E-state index contributed by atoms with van der Waals surface area (Å²) >= 11 is 6.07. The van der Waals surface area contributed by atoms with Gasteiger partial charge in [-0.05, 0) is 25.5 Å². The Hall–Kier alpha value is -3.13. The zero-order valence-electron chi connectivity index (χ0n) is 17.0. The van der Waals surface area contributed by atoms with Crippen LogP contribution >= 0.6 is 11.6 Å². The van der Waals surface area contributed by atoms with Crippen LogP contribution in [0.5, 0.6) is 5.88 Å². The summed E-state index contributed by atoms with van der Waals surface area (Å²) in [6.45, 7) is 1.48. The molecule has 176 valence electrons. The van der Waals surface area contributed by atoms with Gasteiger partial charge in [0.25, 0.3) is 15.9 Å². The first-order chi connectivity index (χ1) is 15.3. The maximum atomic E-state index is 12.6. The van der Waals surface area contributed by atoms with Crippen molar-refractivity contribution in [1.82, 2.24) is 29.3 Å². The van der Waals surface area contributed by atoms with Gasteiger partial charge in [-0.2, -0.15) is 18.3 Å². The number of halogens is 4. The SMILES string of the molecule is Cc1nn(C)cc1S(=O)(=O)NC(=O)c1ccc(-n2ccc(O[C@H]3C[C@@H]3C(F)(F)F)n2)nc1Cl. The highest BCUT2D eigenvalue weighted by Crippen LogP contribution is 2.46. The van der Waals surface area contributed by atoms with E-state index < -0.39 is 34.1 Å². The molecule has 1 amide bonds. The molecule has 3 heterocycles. The highest BCUT2D eigenvalue weighted by molar-refractivity contribution is 7.90. The second-order valence-electron chi connectivity index (χ2n) is 7.33. The van der Waals surface area contributed by atoms with Crippen LogP contribution in [0.4, 0.5) is 13.2 Å². The number of carbonyl (C=O) groups is 1. The molecular weight excluding hydrogens is 489 g/mol. The first kappa shape index (κ1) is 23.0. The van der Waals surface area contributed by atoms with Crippen molar-refractivity contribution in [1.29, 1.82) is 0 Å². The highest BCUT2D eigenvalue weighted by atomic mass is 35.5. The van der Waals surface area contributed by atoms with E-state index in [0.29, 0.717) is 0 Å². The van der Waals surface area contributed by atoms with E-state index in [1.54, 1.807) is 7.05 Å². The number of aromatic nitrogens is 5. The van der Waals surface area contributed by atoms with Crippen LogP contribution in [-0.4, -0.2) is 51.2 Å². The second kappa shape index (κ2) is 8.02. The largest absolute Gasteiger partial charge is 0.473 e. The number of hydrogen-bond donors (Lipinski definition) is 1. The van der Waals surface area contributed by atoms with E-state index in [1.807, 2.05) is 4.72 Å². The fourth-order valence-electron chi connectivity index (χ4n) is 3.09. The fourth-order valence-corrected chi connectivity index (χ4v) is 4.51. The maximum Gasteiger partial charge on any atom is 0.395 e. The highest BCUT2D eigenvalue weighted by Gasteiger charge is 2.58. The van der Waals surface area contributed by atoms with Crippen molar-refractivity contribution in [3.8, 4) is 11.7 Å². The first-order valence-corrected chi connectivity index (χ1v) is 11.2. The lowest BCUT2D eigenvalue weighted by atomic mass is 10.3. The van der Waals surface area contributed by atoms with E-state index in [0.717, 1.165) is 0 Å². The Morgan fingerprint density at radius 1 is 1.27 bits per heavy atom. The molecule has 0 saturated heterocycles. The molecule has 0 aliphatic heterocycles. The van der Waals surface area contributed by atoms with Gasteiger partial charge in [0.1, 0.15) is 16.2 Å². The van der Waals surface area contributed by atoms with Gasteiger partial charge >= 0.3 is 6.18 Å².